The van der Waals surface area contributed by atoms with E-state index in [0.717, 1.165) is 13.0 Å². The number of rotatable bonds is 4. The lowest BCUT2D eigenvalue weighted by molar-refractivity contribution is 0.0527. The van der Waals surface area contributed by atoms with Crippen LogP contribution in [0.25, 0.3) is 0 Å². The van der Waals surface area contributed by atoms with Gasteiger partial charge in [-0.15, -0.1) is 0 Å². The molecule has 1 aliphatic heterocycles. The SMILES string of the molecule is CCOC(=O)c1ccnc(N(C)C2CCOC2)c1N. The molecule has 0 aromatic carbocycles. The van der Waals surface area contributed by atoms with E-state index >= 15 is 0 Å². The van der Waals surface area contributed by atoms with E-state index < -0.39 is 5.97 Å². The molecule has 1 fully saturated rings. The normalized spacial score (nSPS) is 18.3. The van der Waals surface area contributed by atoms with Crippen LogP contribution in [0.3, 0.4) is 0 Å². The molecule has 2 rings (SSSR count). The molecular formula is C13H19N3O3. The zero-order valence-electron chi connectivity index (χ0n) is 11.3. The molecule has 1 saturated heterocycles. The van der Waals surface area contributed by atoms with Gasteiger partial charge in [-0.05, 0) is 19.4 Å². The lowest BCUT2D eigenvalue weighted by Gasteiger charge is -2.25. The largest absolute Gasteiger partial charge is 0.462 e. The number of likely N-dealkylation sites (N-methyl/N-ethyl adjacent to an activating group) is 1. The number of hydrogen-bond acceptors (Lipinski definition) is 6. The van der Waals surface area contributed by atoms with Gasteiger partial charge in [0.25, 0.3) is 0 Å². The van der Waals surface area contributed by atoms with E-state index in [1.807, 2.05) is 11.9 Å². The van der Waals surface area contributed by atoms with Crippen LogP contribution in [0.1, 0.15) is 23.7 Å². The van der Waals surface area contributed by atoms with Gasteiger partial charge in [-0.2, -0.15) is 0 Å². The number of esters is 1. The minimum Gasteiger partial charge on any atom is -0.462 e. The van der Waals surface area contributed by atoms with Gasteiger partial charge in [0.15, 0.2) is 5.82 Å². The molecule has 1 atom stereocenters. The fraction of sp³-hybridized carbons (Fsp3) is 0.538. The molecule has 0 saturated carbocycles. The average molecular weight is 265 g/mol. The van der Waals surface area contributed by atoms with Crippen molar-refractivity contribution < 1.29 is 14.3 Å². The predicted octanol–water partition coefficient (Wildman–Crippen LogP) is 1.07. The third-order valence-electron chi connectivity index (χ3n) is 3.25. The quantitative estimate of drug-likeness (QED) is 0.820. The van der Waals surface area contributed by atoms with Gasteiger partial charge in [-0.1, -0.05) is 0 Å². The van der Waals surface area contributed by atoms with Gasteiger partial charge in [-0.25, -0.2) is 9.78 Å². The summed E-state index contributed by atoms with van der Waals surface area (Å²) in [5.74, 6) is 0.181. The number of hydrogen-bond donors (Lipinski definition) is 1. The number of nitrogen functional groups attached to an aromatic ring is 1. The van der Waals surface area contributed by atoms with Crippen molar-refractivity contribution in [1.29, 1.82) is 0 Å². The first-order chi connectivity index (χ1) is 9.15. The molecule has 2 N–H and O–H groups in total. The van der Waals surface area contributed by atoms with Crippen LogP contribution in [0.4, 0.5) is 11.5 Å². The first-order valence-corrected chi connectivity index (χ1v) is 6.37. The molecule has 0 bridgehead atoms. The van der Waals surface area contributed by atoms with Crippen LogP contribution in [0.15, 0.2) is 12.3 Å². The molecule has 1 unspecified atom stereocenters. The first-order valence-electron chi connectivity index (χ1n) is 6.37. The molecule has 1 aliphatic rings. The van der Waals surface area contributed by atoms with Crippen molar-refractivity contribution in [2.24, 2.45) is 0 Å². The Balaban J connectivity index is 2.25. The van der Waals surface area contributed by atoms with E-state index in [4.69, 9.17) is 15.2 Å². The van der Waals surface area contributed by atoms with E-state index in [9.17, 15) is 4.79 Å². The number of carbonyl (C=O) groups excluding carboxylic acids is 1. The Morgan fingerprint density at radius 2 is 2.47 bits per heavy atom. The number of aromatic nitrogens is 1. The summed E-state index contributed by atoms with van der Waals surface area (Å²) in [4.78, 5) is 18.0. The summed E-state index contributed by atoms with van der Waals surface area (Å²) in [6.07, 6.45) is 2.51. The Kier molecular flexibility index (Phi) is 4.21. The molecule has 6 nitrogen and oxygen atoms in total. The molecular weight excluding hydrogens is 246 g/mol. The maximum atomic E-state index is 11.8. The van der Waals surface area contributed by atoms with Gasteiger partial charge in [0, 0.05) is 19.9 Å². The standard InChI is InChI=1S/C13H19N3O3/c1-3-19-13(17)10-4-6-15-12(11(10)14)16(2)9-5-7-18-8-9/h4,6,9H,3,5,7-8,14H2,1-2H3. The Labute approximate surface area is 112 Å². The molecule has 19 heavy (non-hydrogen) atoms. The maximum absolute atomic E-state index is 11.8. The van der Waals surface area contributed by atoms with Crippen LogP contribution in [0, 0.1) is 0 Å². The fourth-order valence-corrected chi connectivity index (χ4v) is 2.13. The summed E-state index contributed by atoms with van der Waals surface area (Å²) in [5, 5.41) is 0. The zero-order chi connectivity index (χ0) is 13.8. The molecule has 0 radical (unpaired) electrons. The Hall–Kier alpha value is -1.82. The van der Waals surface area contributed by atoms with Crippen molar-refractivity contribution >= 4 is 17.5 Å². The topological polar surface area (TPSA) is 77.7 Å². The van der Waals surface area contributed by atoms with E-state index in [1.165, 1.54) is 0 Å². The van der Waals surface area contributed by atoms with Gasteiger partial charge < -0.3 is 20.1 Å². The Bertz CT molecular complexity index is 458. The van der Waals surface area contributed by atoms with Crippen LogP contribution < -0.4 is 10.6 Å². The van der Waals surface area contributed by atoms with Crippen LogP contribution in [-0.4, -0.2) is 43.9 Å². The fourth-order valence-electron chi connectivity index (χ4n) is 2.13. The number of pyridine rings is 1. The van der Waals surface area contributed by atoms with E-state index in [0.29, 0.717) is 30.3 Å². The highest BCUT2D eigenvalue weighted by molar-refractivity contribution is 5.97. The van der Waals surface area contributed by atoms with Crippen molar-refractivity contribution in [2.45, 2.75) is 19.4 Å². The Morgan fingerprint density at radius 1 is 1.68 bits per heavy atom. The highest BCUT2D eigenvalue weighted by Crippen LogP contribution is 2.27. The zero-order valence-corrected chi connectivity index (χ0v) is 11.3. The van der Waals surface area contributed by atoms with Crippen molar-refractivity contribution in [3.05, 3.63) is 17.8 Å². The minimum atomic E-state index is -0.417. The number of ether oxygens (including phenoxy) is 2. The molecule has 0 amide bonds. The second-order valence-electron chi connectivity index (χ2n) is 4.44. The third-order valence-corrected chi connectivity index (χ3v) is 3.25. The summed E-state index contributed by atoms with van der Waals surface area (Å²) < 4.78 is 10.3. The molecule has 6 heteroatoms. The van der Waals surface area contributed by atoms with Gasteiger partial charge in [0.2, 0.25) is 0 Å². The molecule has 104 valence electrons. The number of nitrogens with zero attached hydrogens (tertiary/aromatic N) is 2. The monoisotopic (exact) mass is 265 g/mol. The summed E-state index contributed by atoms with van der Waals surface area (Å²) in [6.45, 7) is 3.48. The second-order valence-corrected chi connectivity index (χ2v) is 4.44. The number of carbonyl (C=O) groups is 1. The van der Waals surface area contributed by atoms with Crippen molar-refractivity contribution in [1.82, 2.24) is 4.98 Å². The molecule has 1 aromatic rings. The summed E-state index contributed by atoms with van der Waals surface area (Å²) in [7, 11) is 1.91. The smallest absolute Gasteiger partial charge is 0.340 e. The summed E-state index contributed by atoms with van der Waals surface area (Å²) in [6, 6.07) is 1.82. The number of nitrogens with two attached hydrogens (primary N) is 1. The van der Waals surface area contributed by atoms with Crippen molar-refractivity contribution in [2.75, 3.05) is 37.5 Å². The van der Waals surface area contributed by atoms with Gasteiger partial charge in [0.05, 0.1) is 30.5 Å². The van der Waals surface area contributed by atoms with Gasteiger partial charge >= 0.3 is 5.97 Å². The lowest BCUT2D eigenvalue weighted by Crippen LogP contribution is -2.33. The molecule has 0 spiro atoms. The van der Waals surface area contributed by atoms with E-state index in [2.05, 4.69) is 4.98 Å². The van der Waals surface area contributed by atoms with Crippen LogP contribution >= 0.6 is 0 Å². The molecule has 0 aliphatic carbocycles. The maximum Gasteiger partial charge on any atom is 0.340 e. The second kappa shape index (κ2) is 5.88. The van der Waals surface area contributed by atoms with Crippen molar-refractivity contribution in [3.63, 3.8) is 0 Å². The van der Waals surface area contributed by atoms with Crippen LogP contribution in [0.2, 0.25) is 0 Å². The lowest BCUT2D eigenvalue weighted by atomic mass is 10.2. The van der Waals surface area contributed by atoms with E-state index in [-0.39, 0.29) is 6.04 Å². The van der Waals surface area contributed by atoms with Crippen LogP contribution in [0.5, 0.6) is 0 Å². The Morgan fingerprint density at radius 3 is 3.11 bits per heavy atom. The highest BCUT2D eigenvalue weighted by Gasteiger charge is 2.24. The van der Waals surface area contributed by atoms with Crippen molar-refractivity contribution in [3.8, 4) is 0 Å². The third kappa shape index (κ3) is 2.78. The highest BCUT2D eigenvalue weighted by atomic mass is 16.5. The molecule has 1 aromatic heterocycles. The minimum absolute atomic E-state index is 0.243. The first kappa shape index (κ1) is 13.6. The van der Waals surface area contributed by atoms with Gasteiger partial charge in [-0.3, -0.25) is 0 Å². The van der Waals surface area contributed by atoms with E-state index in [1.54, 1.807) is 19.2 Å². The summed E-state index contributed by atoms with van der Waals surface area (Å²) in [5.41, 5.74) is 6.75. The van der Waals surface area contributed by atoms with Crippen LogP contribution in [-0.2, 0) is 9.47 Å². The molecule has 2 heterocycles. The van der Waals surface area contributed by atoms with Gasteiger partial charge in [0.1, 0.15) is 0 Å². The number of anilines is 2. The average Bonchev–Trinajstić information content (AvgIpc) is 2.92. The predicted molar refractivity (Wildman–Crippen MR) is 72.2 cm³/mol. The summed E-state index contributed by atoms with van der Waals surface area (Å²) >= 11 is 0.